The largest absolute Gasteiger partial charge is 0.508 e. The van der Waals surface area contributed by atoms with Gasteiger partial charge in [0.1, 0.15) is 22.8 Å². The Kier molecular flexibility index (Phi) is 4.28. The first-order valence-corrected chi connectivity index (χ1v) is 9.78. The second-order valence-electron chi connectivity index (χ2n) is 8.72. The molecule has 9 heteroatoms. The maximum atomic E-state index is 13.5. The molecule has 4 rings (SSSR count). The molecule has 7 N–H and O–H groups in total. The van der Waals surface area contributed by atoms with E-state index in [9.17, 15) is 39.9 Å². The van der Waals surface area contributed by atoms with Gasteiger partial charge < -0.3 is 31.3 Å². The number of aliphatic hydroxyl groups is 4. The SMILES string of the molecule is CC(=O)C1=C(O)[C@@]2(O)C(=O)C3=C(O)c4c(ccc(C)c4O)C(C)(O)C3CC2[C@@H](N)C1=O. The summed E-state index contributed by atoms with van der Waals surface area (Å²) in [5.74, 6) is -7.50. The number of Topliss-reactive ketones (excluding diaryl/α,β-unsaturated/α-hetero) is 3. The van der Waals surface area contributed by atoms with Gasteiger partial charge in [-0.2, -0.15) is 0 Å². The van der Waals surface area contributed by atoms with Crippen LogP contribution < -0.4 is 5.73 Å². The molecule has 0 spiro atoms. The number of hydrogen-bond donors (Lipinski definition) is 6. The first kappa shape index (κ1) is 21.2. The van der Waals surface area contributed by atoms with E-state index in [0.29, 0.717) is 5.56 Å². The molecule has 31 heavy (non-hydrogen) atoms. The van der Waals surface area contributed by atoms with Crippen molar-refractivity contribution in [3.63, 3.8) is 0 Å². The third-order valence-electron chi connectivity index (χ3n) is 6.99. The van der Waals surface area contributed by atoms with Crippen LogP contribution in [0.4, 0.5) is 0 Å². The Labute approximate surface area is 177 Å². The Morgan fingerprint density at radius 2 is 1.77 bits per heavy atom. The van der Waals surface area contributed by atoms with Crippen molar-refractivity contribution >= 4 is 23.1 Å². The van der Waals surface area contributed by atoms with E-state index >= 15 is 0 Å². The summed E-state index contributed by atoms with van der Waals surface area (Å²) in [4.78, 5) is 38.1. The minimum absolute atomic E-state index is 0.155. The summed E-state index contributed by atoms with van der Waals surface area (Å²) >= 11 is 0. The number of aromatic hydroxyl groups is 1. The van der Waals surface area contributed by atoms with Crippen molar-refractivity contribution in [2.45, 2.75) is 44.4 Å². The number of ketones is 3. The predicted octanol–water partition coefficient (Wildman–Crippen LogP) is 0.438. The highest BCUT2D eigenvalue weighted by Gasteiger charge is 2.65. The molecule has 3 aliphatic rings. The number of benzene rings is 1. The lowest BCUT2D eigenvalue weighted by atomic mass is 9.54. The van der Waals surface area contributed by atoms with Crippen LogP contribution in [0, 0.1) is 18.8 Å². The van der Waals surface area contributed by atoms with Crippen LogP contribution in [0.2, 0.25) is 0 Å². The zero-order valence-electron chi connectivity index (χ0n) is 17.1. The zero-order valence-corrected chi connectivity index (χ0v) is 17.1. The van der Waals surface area contributed by atoms with E-state index in [1.807, 2.05) is 0 Å². The quantitative estimate of drug-likeness (QED) is 0.345. The predicted molar refractivity (Wildman–Crippen MR) is 107 cm³/mol. The van der Waals surface area contributed by atoms with Crippen LogP contribution in [0.3, 0.4) is 0 Å². The molecule has 1 aromatic carbocycles. The van der Waals surface area contributed by atoms with Crippen molar-refractivity contribution in [2.75, 3.05) is 0 Å². The number of hydrogen-bond acceptors (Lipinski definition) is 9. The Hall–Kier alpha value is -3.01. The number of carbonyl (C=O) groups is 3. The van der Waals surface area contributed by atoms with Gasteiger partial charge in [0.2, 0.25) is 5.78 Å². The fraction of sp³-hybridized carbons (Fsp3) is 0.409. The molecule has 0 radical (unpaired) electrons. The second-order valence-corrected chi connectivity index (χ2v) is 8.72. The van der Waals surface area contributed by atoms with E-state index in [4.69, 9.17) is 5.73 Å². The highest BCUT2D eigenvalue weighted by molar-refractivity contribution is 6.24. The number of aliphatic hydroxyl groups excluding tert-OH is 2. The van der Waals surface area contributed by atoms with Gasteiger partial charge in [0.25, 0.3) is 0 Å². The van der Waals surface area contributed by atoms with Crippen LogP contribution in [-0.2, 0) is 20.0 Å². The molecular formula is C22H23NO8. The van der Waals surface area contributed by atoms with Gasteiger partial charge in [0.05, 0.1) is 17.2 Å². The van der Waals surface area contributed by atoms with Crippen molar-refractivity contribution in [1.82, 2.24) is 0 Å². The lowest BCUT2D eigenvalue weighted by Crippen LogP contribution is -2.66. The zero-order chi connectivity index (χ0) is 23.2. The number of nitrogens with two attached hydrogens (primary N) is 1. The molecule has 0 bridgehead atoms. The summed E-state index contributed by atoms with van der Waals surface area (Å²) in [5, 5.41) is 54.8. The van der Waals surface area contributed by atoms with Crippen molar-refractivity contribution in [2.24, 2.45) is 17.6 Å². The normalized spacial score (nSPS) is 35.0. The monoisotopic (exact) mass is 429 g/mol. The van der Waals surface area contributed by atoms with E-state index < -0.39 is 69.1 Å². The fourth-order valence-electron chi connectivity index (χ4n) is 5.22. The number of aryl methyl sites for hydroxylation is 1. The Morgan fingerprint density at radius 1 is 1.16 bits per heavy atom. The molecule has 164 valence electrons. The summed E-state index contributed by atoms with van der Waals surface area (Å²) in [7, 11) is 0. The minimum atomic E-state index is -2.73. The van der Waals surface area contributed by atoms with Gasteiger partial charge in [-0.3, -0.25) is 14.4 Å². The third kappa shape index (κ3) is 2.39. The first-order chi connectivity index (χ1) is 14.3. The van der Waals surface area contributed by atoms with Crippen molar-refractivity contribution in [3.8, 4) is 5.75 Å². The Balaban J connectivity index is 2.05. The lowest BCUT2D eigenvalue weighted by molar-refractivity contribution is -0.154. The fourth-order valence-corrected chi connectivity index (χ4v) is 5.22. The summed E-state index contributed by atoms with van der Waals surface area (Å²) in [6.07, 6.45) is -0.245. The molecule has 0 heterocycles. The van der Waals surface area contributed by atoms with E-state index in [1.54, 1.807) is 13.0 Å². The second kappa shape index (κ2) is 6.25. The molecule has 9 nitrogen and oxygen atoms in total. The maximum Gasteiger partial charge on any atom is 0.202 e. The van der Waals surface area contributed by atoms with Gasteiger partial charge >= 0.3 is 0 Å². The topological polar surface area (TPSA) is 178 Å². The number of phenols is 1. The van der Waals surface area contributed by atoms with Crippen molar-refractivity contribution < 1.29 is 39.9 Å². The Morgan fingerprint density at radius 3 is 2.35 bits per heavy atom. The maximum absolute atomic E-state index is 13.5. The molecular weight excluding hydrogens is 406 g/mol. The Bertz CT molecular complexity index is 1140. The van der Waals surface area contributed by atoms with Crippen LogP contribution in [-0.4, -0.2) is 54.5 Å². The summed E-state index contributed by atoms with van der Waals surface area (Å²) in [6.45, 7) is 3.96. The number of phenolic OH excluding ortho intramolecular Hbond substituents is 1. The van der Waals surface area contributed by atoms with Crippen LogP contribution >= 0.6 is 0 Å². The minimum Gasteiger partial charge on any atom is -0.508 e. The molecule has 1 saturated carbocycles. The smallest absolute Gasteiger partial charge is 0.202 e. The van der Waals surface area contributed by atoms with Gasteiger partial charge in [-0.1, -0.05) is 12.1 Å². The number of rotatable bonds is 1. The van der Waals surface area contributed by atoms with Gasteiger partial charge in [0, 0.05) is 17.4 Å². The molecule has 0 saturated heterocycles. The lowest BCUT2D eigenvalue weighted by Gasteiger charge is -2.51. The molecule has 1 fully saturated rings. The highest BCUT2D eigenvalue weighted by Crippen LogP contribution is 2.56. The van der Waals surface area contributed by atoms with Gasteiger partial charge in [0.15, 0.2) is 17.2 Å². The molecule has 0 amide bonds. The summed E-state index contributed by atoms with van der Waals surface area (Å²) < 4.78 is 0. The number of carbonyl (C=O) groups excluding carboxylic acids is 3. The molecule has 3 unspecified atom stereocenters. The van der Waals surface area contributed by atoms with Crippen molar-refractivity contribution in [3.05, 3.63) is 45.7 Å². The average Bonchev–Trinajstić information content (AvgIpc) is 2.68. The van der Waals surface area contributed by atoms with Crippen LogP contribution in [0.15, 0.2) is 29.0 Å². The van der Waals surface area contributed by atoms with E-state index in [1.165, 1.54) is 13.0 Å². The molecule has 3 aliphatic carbocycles. The van der Waals surface area contributed by atoms with Gasteiger partial charge in [-0.05, 0) is 38.3 Å². The highest BCUT2D eigenvalue weighted by atomic mass is 16.3. The van der Waals surface area contributed by atoms with Crippen LogP contribution in [0.5, 0.6) is 5.75 Å². The van der Waals surface area contributed by atoms with E-state index in [0.717, 1.165) is 6.92 Å². The van der Waals surface area contributed by atoms with Crippen molar-refractivity contribution in [1.29, 1.82) is 0 Å². The molecule has 5 atom stereocenters. The van der Waals surface area contributed by atoms with E-state index in [-0.39, 0.29) is 23.3 Å². The third-order valence-corrected chi connectivity index (χ3v) is 6.99. The van der Waals surface area contributed by atoms with Crippen LogP contribution in [0.1, 0.15) is 37.0 Å². The standard InChI is InChI=1S/C22H23NO8/c1-7-4-5-9-13(16(7)25)17(26)14-10(21(9,3)30)6-11-15(23)18(27)12(8(2)24)19(28)22(11,31)20(14)29/h4-5,10-11,15,25-26,28,30-31H,6,23H2,1-3H3/t10?,11?,15-,21?,22-/m1/s1. The number of fused-ring (bicyclic) bond motifs is 3. The summed E-state index contributed by atoms with van der Waals surface area (Å²) in [6, 6.07) is 1.57. The van der Waals surface area contributed by atoms with Crippen LogP contribution in [0.25, 0.3) is 5.76 Å². The first-order valence-electron chi connectivity index (χ1n) is 9.78. The van der Waals surface area contributed by atoms with E-state index in [2.05, 4.69) is 0 Å². The summed E-state index contributed by atoms with van der Waals surface area (Å²) in [5.41, 5.74) is 0.705. The molecule has 0 aromatic heterocycles. The molecule has 0 aliphatic heterocycles. The van der Waals surface area contributed by atoms with Gasteiger partial charge in [-0.15, -0.1) is 0 Å². The van der Waals surface area contributed by atoms with Gasteiger partial charge in [-0.25, -0.2) is 0 Å². The molecule has 1 aromatic rings. The average molecular weight is 429 g/mol.